The second kappa shape index (κ2) is 9.15. The number of nitrogens with one attached hydrogen (secondary N) is 1. The summed E-state index contributed by atoms with van der Waals surface area (Å²) in [4.78, 5) is 23.7. The molecule has 1 aromatic carbocycles. The van der Waals surface area contributed by atoms with Crippen molar-refractivity contribution in [3.05, 3.63) is 35.9 Å². The van der Waals surface area contributed by atoms with E-state index in [-0.39, 0.29) is 19.6 Å². The topological polar surface area (TPSA) is 73.9 Å². The fourth-order valence-electron chi connectivity index (χ4n) is 1.87. The van der Waals surface area contributed by atoms with Crippen LogP contribution in [0.5, 0.6) is 0 Å². The lowest BCUT2D eigenvalue weighted by atomic mass is 10.2. The van der Waals surface area contributed by atoms with Crippen molar-refractivity contribution in [3.8, 4) is 0 Å². The van der Waals surface area contributed by atoms with E-state index in [1.165, 1.54) is 7.11 Å². The standard InChI is InChI=1S/C17H25NO5/c1-17(2,3)23-15(19)10-14(12-21-4)18-16(20)22-11-13-8-6-5-7-9-13/h5-9,14H,10-12H2,1-4H3,(H,18,20)/t14-/m0/s1. The summed E-state index contributed by atoms with van der Waals surface area (Å²) in [5, 5.41) is 2.62. The number of carbonyl (C=O) groups excluding carboxylic acids is 2. The van der Waals surface area contributed by atoms with Crippen LogP contribution in [-0.4, -0.2) is 37.4 Å². The molecule has 1 aromatic rings. The third-order valence-corrected chi connectivity index (χ3v) is 2.74. The van der Waals surface area contributed by atoms with E-state index in [0.29, 0.717) is 0 Å². The van der Waals surface area contributed by atoms with Crippen molar-refractivity contribution in [3.63, 3.8) is 0 Å². The Bertz CT molecular complexity index is 495. The first-order valence-electron chi connectivity index (χ1n) is 7.48. The van der Waals surface area contributed by atoms with Crippen molar-refractivity contribution in [2.24, 2.45) is 0 Å². The van der Waals surface area contributed by atoms with E-state index in [9.17, 15) is 9.59 Å². The van der Waals surface area contributed by atoms with E-state index in [1.54, 1.807) is 20.8 Å². The minimum Gasteiger partial charge on any atom is -0.460 e. The molecule has 0 bridgehead atoms. The molecule has 0 saturated carbocycles. The molecule has 1 atom stereocenters. The molecule has 0 aromatic heterocycles. The van der Waals surface area contributed by atoms with Gasteiger partial charge in [-0.3, -0.25) is 4.79 Å². The predicted octanol–water partition coefficient (Wildman–Crippen LogP) is 2.66. The molecule has 6 nitrogen and oxygen atoms in total. The van der Waals surface area contributed by atoms with Gasteiger partial charge in [0.2, 0.25) is 0 Å². The van der Waals surface area contributed by atoms with Crippen molar-refractivity contribution < 1.29 is 23.8 Å². The number of methoxy groups -OCH3 is 1. The third-order valence-electron chi connectivity index (χ3n) is 2.74. The van der Waals surface area contributed by atoms with Gasteiger partial charge in [0.25, 0.3) is 0 Å². The first-order chi connectivity index (χ1) is 10.8. The maximum absolute atomic E-state index is 11.8. The summed E-state index contributed by atoms with van der Waals surface area (Å²) in [5.74, 6) is -0.400. The van der Waals surface area contributed by atoms with Crippen LogP contribution in [0.15, 0.2) is 30.3 Å². The van der Waals surface area contributed by atoms with Crippen molar-refractivity contribution in [2.45, 2.75) is 45.4 Å². The van der Waals surface area contributed by atoms with Crippen LogP contribution in [0.2, 0.25) is 0 Å². The van der Waals surface area contributed by atoms with Gasteiger partial charge in [-0.05, 0) is 26.3 Å². The average molecular weight is 323 g/mol. The van der Waals surface area contributed by atoms with Gasteiger partial charge in [-0.15, -0.1) is 0 Å². The van der Waals surface area contributed by atoms with Gasteiger partial charge < -0.3 is 19.5 Å². The van der Waals surface area contributed by atoms with Crippen molar-refractivity contribution in [1.29, 1.82) is 0 Å². The average Bonchev–Trinajstić information content (AvgIpc) is 2.44. The number of hydrogen-bond donors (Lipinski definition) is 1. The molecule has 1 N–H and O–H groups in total. The predicted molar refractivity (Wildman–Crippen MR) is 85.9 cm³/mol. The van der Waals surface area contributed by atoms with Gasteiger partial charge in [0.1, 0.15) is 12.2 Å². The molecule has 128 valence electrons. The van der Waals surface area contributed by atoms with E-state index in [1.807, 2.05) is 30.3 Å². The summed E-state index contributed by atoms with van der Waals surface area (Å²) in [6.45, 7) is 5.73. The Kier molecular flexibility index (Phi) is 7.54. The Morgan fingerprint density at radius 2 is 1.83 bits per heavy atom. The maximum atomic E-state index is 11.8. The molecule has 0 spiro atoms. The van der Waals surface area contributed by atoms with Gasteiger partial charge in [0, 0.05) is 7.11 Å². The number of benzene rings is 1. The van der Waals surface area contributed by atoms with Crippen LogP contribution in [0.1, 0.15) is 32.8 Å². The number of carbonyl (C=O) groups is 2. The summed E-state index contributed by atoms with van der Waals surface area (Å²) in [6, 6.07) is 8.85. The van der Waals surface area contributed by atoms with Gasteiger partial charge in [-0.2, -0.15) is 0 Å². The smallest absolute Gasteiger partial charge is 0.407 e. The lowest BCUT2D eigenvalue weighted by molar-refractivity contribution is -0.155. The van der Waals surface area contributed by atoms with Gasteiger partial charge in [-0.25, -0.2) is 4.79 Å². The maximum Gasteiger partial charge on any atom is 0.407 e. The Morgan fingerprint density at radius 1 is 1.17 bits per heavy atom. The lowest BCUT2D eigenvalue weighted by Gasteiger charge is -2.22. The normalized spacial score (nSPS) is 12.3. The highest BCUT2D eigenvalue weighted by Crippen LogP contribution is 2.10. The van der Waals surface area contributed by atoms with Gasteiger partial charge >= 0.3 is 12.1 Å². The first-order valence-corrected chi connectivity index (χ1v) is 7.48. The van der Waals surface area contributed by atoms with E-state index in [4.69, 9.17) is 14.2 Å². The fourth-order valence-corrected chi connectivity index (χ4v) is 1.87. The monoisotopic (exact) mass is 323 g/mol. The number of hydrogen-bond acceptors (Lipinski definition) is 5. The van der Waals surface area contributed by atoms with Gasteiger partial charge in [0.15, 0.2) is 0 Å². The summed E-state index contributed by atoms with van der Waals surface area (Å²) in [6.07, 6.45) is -0.578. The molecule has 0 aliphatic carbocycles. The highest BCUT2D eigenvalue weighted by atomic mass is 16.6. The molecule has 6 heteroatoms. The first kappa shape index (κ1) is 19.0. The molecule has 0 aliphatic rings. The number of esters is 1. The van der Waals surface area contributed by atoms with Crippen molar-refractivity contribution in [1.82, 2.24) is 5.32 Å². The van der Waals surface area contributed by atoms with Crippen LogP contribution < -0.4 is 5.32 Å². The Labute approximate surface area is 137 Å². The number of ether oxygens (including phenoxy) is 3. The van der Waals surface area contributed by atoms with E-state index < -0.39 is 23.7 Å². The van der Waals surface area contributed by atoms with Gasteiger partial charge in [-0.1, -0.05) is 30.3 Å². The fraction of sp³-hybridized carbons (Fsp3) is 0.529. The van der Waals surface area contributed by atoms with Crippen LogP contribution in [0.4, 0.5) is 4.79 Å². The minimum absolute atomic E-state index is 0.0194. The summed E-state index contributed by atoms with van der Waals surface area (Å²) >= 11 is 0. The molecular weight excluding hydrogens is 298 g/mol. The van der Waals surface area contributed by atoms with Crippen LogP contribution in [0.3, 0.4) is 0 Å². The van der Waals surface area contributed by atoms with Crippen LogP contribution in [-0.2, 0) is 25.6 Å². The largest absolute Gasteiger partial charge is 0.460 e. The highest BCUT2D eigenvalue weighted by molar-refractivity contribution is 5.73. The quantitative estimate of drug-likeness (QED) is 0.781. The Hall–Kier alpha value is -2.08. The number of alkyl carbamates (subject to hydrolysis) is 1. The van der Waals surface area contributed by atoms with E-state index in [0.717, 1.165) is 5.56 Å². The Balaban J connectivity index is 2.44. The van der Waals surface area contributed by atoms with Crippen molar-refractivity contribution >= 4 is 12.1 Å². The molecule has 0 heterocycles. The van der Waals surface area contributed by atoms with Crippen LogP contribution >= 0.6 is 0 Å². The number of rotatable bonds is 7. The molecule has 1 amide bonds. The third kappa shape index (κ3) is 8.83. The minimum atomic E-state index is -0.598. The molecule has 0 unspecified atom stereocenters. The summed E-state index contributed by atoms with van der Waals surface area (Å²) < 4.78 is 15.4. The highest BCUT2D eigenvalue weighted by Gasteiger charge is 2.22. The second-order valence-corrected chi connectivity index (χ2v) is 6.15. The van der Waals surface area contributed by atoms with Crippen molar-refractivity contribution in [2.75, 3.05) is 13.7 Å². The molecule has 0 radical (unpaired) electrons. The molecule has 23 heavy (non-hydrogen) atoms. The summed E-state index contributed by atoms with van der Waals surface area (Å²) in [7, 11) is 1.50. The SMILES string of the molecule is COC[C@H](CC(=O)OC(C)(C)C)NC(=O)OCc1ccccc1. The molecule has 0 saturated heterocycles. The van der Waals surface area contributed by atoms with Crippen LogP contribution in [0.25, 0.3) is 0 Å². The molecule has 1 rings (SSSR count). The van der Waals surface area contributed by atoms with E-state index in [2.05, 4.69) is 5.32 Å². The molecule has 0 aliphatic heterocycles. The van der Waals surface area contributed by atoms with E-state index >= 15 is 0 Å². The summed E-state index contributed by atoms with van der Waals surface area (Å²) in [5.41, 5.74) is 0.320. The zero-order valence-electron chi connectivity index (χ0n) is 14.1. The lowest BCUT2D eigenvalue weighted by Crippen LogP contribution is -2.41. The van der Waals surface area contributed by atoms with Crippen LogP contribution in [0, 0.1) is 0 Å². The molecular formula is C17H25NO5. The Morgan fingerprint density at radius 3 is 2.39 bits per heavy atom. The molecule has 0 fully saturated rings. The zero-order valence-corrected chi connectivity index (χ0v) is 14.1. The van der Waals surface area contributed by atoms with Gasteiger partial charge in [0.05, 0.1) is 19.1 Å². The zero-order chi connectivity index (χ0) is 17.3. The number of amides is 1. The second-order valence-electron chi connectivity index (χ2n) is 6.15.